The van der Waals surface area contributed by atoms with Gasteiger partial charge in [0.15, 0.2) is 0 Å². The van der Waals surface area contributed by atoms with Crippen molar-refractivity contribution in [3.63, 3.8) is 0 Å². The van der Waals surface area contributed by atoms with Crippen molar-refractivity contribution in [2.75, 3.05) is 31.1 Å². The van der Waals surface area contributed by atoms with Crippen molar-refractivity contribution in [3.05, 3.63) is 29.3 Å². The first-order valence-corrected chi connectivity index (χ1v) is 6.43. The summed E-state index contributed by atoms with van der Waals surface area (Å²) in [5.74, 6) is 0.544. The number of aliphatic hydroxyl groups is 1. The Balaban J connectivity index is 2.28. The summed E-state index contributed by atoms with van der Waals surface area (Å²) in [7, 11) is 0. The molecule has 0 amide bonds. The highest BCUT2D eigenvalue weighted by atomic mass is 35.5. The number of nitrogens with one attached hydrogen (secondary N) is 1. The van der Waals surface area contributed by atoms with Crippen LogP contribution in [0.2, 0.25) is 5.02 Å². The Hall–Kier alpha value is -0.770. The lowest BCUT2D eigenvalue weighted by Crippen LogP contribution is -2.43. The molecule has 0 spiro atoms. The van der Waals surface area contributed by atoms with Crippen LogP contribution in [0.25, 0.3) is 0 Å². The molecule has 0 aliphatic carbocycles. The Morgan fingerprint density at radius 2 is 2.18 bits per heavy atom. The van der Waals surface area contributed by atoms with Crippen LogP contribution in [0.1, 0.15) is 6.92 Å². The van der Waals surface area contributed by atoms with Crippen LogP contribution in [-0.4, -0.2) is 37.4 Å². The molecule has 1 aliphatic rings. The minimum Gasteiger partial charge on any atom is -0.394 e. The number of benzene rings is 1. The number of aliphatic hydroxyl groups excluding tert-OH is 1. The Bertz CT molecular complexity index is 372. The van der Waals surface area contributed by atoms with Crippen molar-refractivity contribution in [1.82, 2.24) is 5.32 Å². The molecule has 2 atom stereocenters. The molecular weight excluding hydrogens is 236 g/mol. The fourth-order valence-corrected chi connectivity index (χ4v) is 2.54. The standard InChI is InChI=1S/C13H19ClN2O/c1-10-6-15-7-11(9-17)16(8-10)13-5-3-2-4-12(13)14/h2-5,10-11,15,17H,6-9H2,1H3. The molecule has 1 aromatic carbocycles. The van der Waals surface area contributed by atoms with Gasteiger partial charge in [-0.25, -0.2) is 0 Å². The van der Waals surface area contributed by atoms with Gasteiger partial charge in [0.2, 0.25) is 0 Å². The van der Waals surface area contributed by atoms with E-state index in [1.807, 2.05) is 24.3 Å². The van der Waals surface area contributed by atoms with Crippen molar-refractivity contribution in [2.45, 2.75) is 13.0 Å². The quantitative estimate of drug-likeness (QED) is 0.844. The Morgan fingerprint density at radius 3 is 2.88 bits per heavy atom. The summed E-state index contributed by atoms with van der Waals surface area (Å²) >= 11 is 6.24. The van der Waals surface area contributed by atoms with E-state index in [9.17, 15) is 5.11 Å². The smallest absolute Gasteiger partial charge is 0.0647 e. The van der Waals surface area contributed by atoms with E-state index in [4.69, 9.17) is 11.6 Å². The van der Waals surface area contributed by atoms with E-state index in [1.54, 1.807) is 0 Å². The van der Waals surface area contributed by atoms with Gasteiger partial charge < -0.3 is 15.3 Å². The average Bonchev–Trinajstić information content (AvgIpc) is 2.51. The summed E-state index contributed by atoms with van der Waals surface area (Å²) in [6.45, 7) is 5.05. The van der Waals surface area contributed by atoms with Crippen molar-refractivity contribution < 1.29 is 5.11 Å². The van der Waals surface area contributed by atoms with Crippen molar-refractivity contribution in [1.29, 1.82) is 0 Å². The van der Waals surface area contributed by atoms with Gasteiger partial charge in [0.1, 0.15) is 0 Å². The van der Waals surface area contributed by atoms with Crippen LogP contribution < -0.4 is 10.2 Å². The molecule has 1 aromatic rings. The van der Waals surface area contributed by atoms with Gasteiger partial charge in [0.25, 0.3) is 0 Å². The molecule has 1 heterocycles. The molecule has 2 unspecified atom stereocenters. The lowest BCUT2D eigenvalue weighted by molar-refractivity contribution is 0.259. The highest BCUT2D eigenvalue weighted by Gasteiger charge is 2.24. The molecule has 3 nitrogen and oxygen atoms in total. The number of hydrogen-bond acceptors (Lipinski definition) is 3. The minimum absolute atomic E-state index is 0.0971. The van der Waals surface area contributed by atoms with Crippen LogP contribution in [-0.2, 0) is 0 Å². The van der Waals surface area contributed by atoms with Gasteiger partial charge in [-0.2, -0.15) is 0 Å². The van der Waals surface area contributed by atoms with Gasteiger partial charge in [-0.05, 0) is 24.6 Å². The second-order valence-corrected chi connectivity index (χ2v) is 5.11. The Labute approximate surface area is 107 Å². The van der Waals surface area contributed by atoms with Gasteiger partial charge in [-0.15, -0.1) is 0 Å². The van der Waals surface area contributed by atoms with Crippen molar-refractivity contribution >= 4 is 17.3 Å². The molecular formula is C13H19ClN2O. The zero-order chi connectivity index (χ0) is 12.3. The largest absolute Gasteiger partial charge is 0.394 e. The summed E-state index contributed by atoms with van der Waals surface area (Å²) in [5, 5.41) is 13.6. The zero-order valence-corrected chi connectivity index (χ0v) is 10.8. The molecule has 94 valence electrons. The van der Waals surface area contributed by atoms with E-state index >= 15 is 0 Å². The first-order chi connectivity index (χ1) is 8.22. The van der Waals surface area contributed by atoms with Crippen molar-refractivity contribution in [3.8, 4) is 0 Å². The summed E-state index contributed by atoms with van der Waals surface area (Å²) in [6.07, 6.45) is 0. The third-order valence-electron chi connectivity index (χ3n) is 3.19. The molecule has 17 heavy (non-hydrogen) atoms. The summed E-state index contributed by atoms with van der Waals surface area (Å²) in [4.78, 5) is 2.22. The first kappa shape index (κ1) is 12.7. The van der Waals surface area contributed by atoms with Gasteiger partial charge in [0.05, 0.1) is 23.4 Å². The van der Waals surface area contributed by atoms with Crippen LogP contribution in [0, 0.1) is 5.92 Å². The van der Waals surface area contributed by atoms with Gasteiger partial charge >= 0.3 is 0 Å². The molecule has 2 rings (SSSR count). The maximum Gasteiger partial charge on any atom is 0.0647 e. The fourth-order valence-electron chi connectivity index (χ4n) is 2.30. The second kappa shape index (κ2) is 5.71. The van der Waals surface area contributed by atoms with Crippen LogP contribution in [0.4, 0.5) is 5.69 Å². The van der Waals surface area contributed by atoms with Crippen LogP contribution >= 0.6 is 11.6 Å². The van der Waals surface area contributed by atoms with Gasteiger partial charge in [-0.3, -0.25) is 0 Å². The van der Waals surface area contributed by atoms with Crippen molar-refractivity contribution in [2.24, 2.45) is 5.92 Å². The van der Waals surface area contributed by atoms with E-state index in [1.165, 1.54) is 0 Å². The Kier molecular flexibility index (Phi) is 4.26. The average molecular weight is 255 g/mol. The highest BCUT2D eigenvalue weighted by Crippen LogP contribution is 2.28. The van der Waals surface area contributed by atoms with Gasteiger partial charge in [0, 0.05) is 13.1 Å². The van der Waals surface area contributed by atoms with E-state index in [0.29, 0.717) is 5.92 Å². The number of anilines is 1. The molecule has 1 saturated heterocycles. The monoisotopic (exact) mass is 254 g/mol. The fraction of sp³-hybridized carbons (Fsp3) is 0.538. The molecule has 0 saturated carbocycles. The first-order valence-electron chi connectivity index (χ1n) is 6.05. The summed E-state index contributed by atoms with van der Waals surface area (Å²) in [6, 6.07) is 7.93. The Morgan fingerprint density at radius 1 is 1.41 bits per heavy atom. The number of para-hydroxylation sites is 1. The number of halogens is 1. The van der Waals surface area contributed by atoms with Crippen LogP contribution in [0.3, 0.4) is 0 Å². The maximum absolute atomic E-state index is 9.50. The molecule has 0 radical (unpaired) electrons. The van der Waals surface area contributed by atoms with E-state index in [-0.39, 0.29) is 12.6 Å². The number of hydrogen-bond donors (Lipinski definition) is 2. The predicted octanol–water partition coefficient (Wildman–Crippen LogP) is 1.75. The molecule has 1 fully saturated rings. The van der Waals surface area contributed by atoms with Crippen LogP contribution in [0.5, 0.6) is 0 Å². The van der Waals surface area contributed by atoms with E-state index in [2.05, 4.69) is 17.1 Å². The maximum atomic E-state index is 9.50. The number of nitrogens with zero attached hydrogens (tertiary/aromatic N) is 1. The summed E-state index contributed by atoms with van der Waals surface area (Å²) in [5.41, 5.74) is 1.02. The van der Waals surface area contributed by atoms with Gasteiger partial charge in [-0.1, -0.05) is 30.7 Å². The third-order valence-corrected chi connectivity index (χ3v) is 3.51. The topological polar surface area (TPSA) is 35.5 Å². The number of rotatable bonds is 2. The minimum atomic E-state index is 0.0971. The third kappa shape index (κ3) is 2.92. The molecule has 1 aliphatic heterocycles. The highest BCUT2D eigenvalue weighted by molar-refractivity contribution is 6.33. The normalized spacial score (nSPS) is 25.7. The zero-order valence-electron chi connectivity index (χ0n) is 10.1. The van der Waals surface area contributed by atoms with Crippen LogP contribution in [0.15, 0.2) is 24.3 Å². The SMILES string of the molecule is CC1CNCC(CO)N(c2ccccc2Cl)C1. The molecule has 4 heteroatoms. The van der Waals surface area contributed by atoms with E-state index in [0.717, 1.165) is 30.3 Å². The lowest BCUT2D eigenvalue weighted by Gasteiger charge is -2.32. The molecule has 0 aromatic heterocycles. The summed E-state index contributed by atoms with van der Waals surface area (Å²) < 4.78 is 0. The predicted molar refractivity (Wildman–Crippen MR) is 71.7 cm³/mol. The lowest BCUT2D eigenvalue weighted by atomic mass is 10.1. The molecule has 2 N–H and O–H groups in total. The second-order valence-electron chi connectivity index (χ2n) is 4.70. The molecule has 0 bridgehead atoms. The van der Waals surface area contributed by atoms with E-state index < -0.39 is 0 Å².